The summed E-state index contributed by atoms with van der Waals surface area (Å²) in [4.78, 5) is 25.0. The fraction of sp³-hybridized carbons (Fsp3) is 0.611. The van der Waals surface area contributed by atoms with Gasteiger partial charge in [-0.05, 0) is 51.1 Å². The molecule has 0 bridgehead atoms. The third-order valence-electron chi connectivity index (χ3n) is 5.14. The number of carbonyl (C=O) groups excluding carboxylic acids is 1. The molecule has 1 saturated heterocycles. The van der Waals surface area contributed by atoms with Gasteiger partial charge in [0, 0.05) is 44.3 Å². The van der Waals surface area contributed by atoms with E-state index in [9.17, 15) is 4.79 Å². The summed E-state index contributed by atoms with van der Waals surface area (Å²) in [5.41, 5.74) is 1.08. The average molecular weight is 314 g/mol. The molecular formula is C18H26N4O. The van der Waals surface area contributed by atoms with Crippen molar-refractivity contribution >= 4 is 5.91 Å². The standard InChI is InChI=1S/C18H26N4O/c1-21(2)9-3-4-18(23)22-12-15-6-5-14(17(15)13-22)10-16-11-19-7-8-20-16/h3-4,7-8,11,14-15,17H,5-6,9-10,12-13H2,1-2H3/b4-3+/t14-,15-,17-/m1/s1. The number of aromatic nitrogens is 2. The van der Waals surface area contributed by atoms with Gasteiger partial charge in [0.2, 0.25) is 5.91 Å². The van der Waals surface area contributed by atoms with Crippen LogP contribution in [0.2, 0.25) is 0 Å². The lowest BCUT2D eigenvalue weighted by atomic mass is 9.89. The van der Waals surface area contributed by atoms with Crippen LogP contribution in [-0.2, 0) is 11.2 Å². The van der Waals surface area contributed by atoms with E-state index >= 15 is 0 Å². The lowest BCUT2D eigenvalue weighted by Gasteiger charge is -2.19. The van der Waals surface area contributed by atoms with Crippen LogP contribution in [0.4, 0.5) is 0 Å². The van der Waals surface area contributed by atoms with E-state index in [0.717, 1.165) is 31.7 Å². The van der Waals surface area contributed by atoms with Crippen molar-refractivity contribution in [2.75, 3.05) is 33.7 Å². The normalized spacial score (nSPS) is 27.1. The molecule has 1 aromatic rings. The van der Waals surface area contributed by atoms with Gasteiger partial charge in [-0.15, -0.1) is 0 Å². The first-order valence-corrected chi connectivity index (χ1v) is 8.48. The van der Waals surface area contributed by atoms with Crippen LogP contribution >= 0.6 is 0 Å². The zero-order valence-corrected chi connectivity index (χ0v) is 14.1. The molecule has 5 nitrogen and oxygen atoms in total. The molecule has 1 aliphatic carbocycles. The molecule has 0 unspecified atom stereocenters. The van der Waals surface area contributed by atoms with E-state index in [4.69, 9.17) is 0 Å². The van der Waals surface area contributed by atoms with Crippen LogP contribution in [0, 0.1) is 17.8 Å². The Kier molecular flexibility index (Phi) is 5.06. The van der Waals surface area contributed by atoms with Gasteiger partial charge in [0.1, 0.15) is 0 Å². The summed E-state index contributed by atoms with van der Waals surface area (Å²) < 4.78 is 0. The fourth-order valence-corrected chi connectivity index (χ4v) is 3.99. The molecule has 1 aromatic heterocycles. The fourth-order valence-electron chi connectivity index (χ4n) is 3.99. The van der Waals surface area contributed by atoms with Crippen LogP contribution in [0.1, 0.15) is 18.5 Å². The second-order valence-electron chi connectivity index (χ2n) is 7.07. The van der Waals surface area contributed by atoms with E-state index in [2.05, 4.69) is 14.9 Å². The number of carbonyl (C=O) groups is 1. The number of hydrogen-bond acceptors (Lipinski definition) is 4. The highest BCUT2D eigenvalue weighted by Gasteiger charge is 2.43. The highest BCUT2D eigenvalue weighted by Crippen LogP contribution is 2.43. The predicted molar refractivity (Wildman–Crippen MR) is 89.7 cm³/mol. The first kappa shape index (κ1) is 16.1. The molecule has 1 saturated carbocycles. The van der Waals surface area contributed by atoms with Gasteiger partial charge in [0.15, 0.2) is 0 Å². The smallest absolute Gasteiger partial charge is 0.246 e. The van der Waals surface area contributed by atoms with Crippen LogP contribution in [0.3, 0.4) is 0 Å². The van der Waals surface area contributed by atoms with E-state index in [1.165, 1.54) is 12.8 Å². The van der Waals surface area contributed by atoms with Crippen molar-refractivity contribution < 1.29 is 4.79 Å². The van der Waals surface area contributed by atoms with Gasteiger partial charge >= 0.3 is 0 Å². The van der Waals surface area contributed by atoms with E-state index in [1.807, 2.05) is 31.3 Å². The molecule has 3 atom stereocenters. The maximum atomic E-state index is 12.3. The molecule has 1 amide bonds. The van der Waals surface area contributed by atoms with Crippen LogP contribution in [0.5, 0.6) is 0 Å². The zero-order chi connectivity index (χ0) is 16.2. The van der Waals surface area contributed by atoms with Crippen LogP contribution in [0.25, 0.3) is 0 Å². The monoisotopic (exact) mass is 314 g/mol. The molecule has 0 N–H and O–H groups in total. The first-order chi connectivity index (χ1) is 11.1. The Labute approximate surface area is 138 Å². The summed E-state index contributed by atoms with van der Waals surface area (Å²) in [5, 5.41) is 0. The van der Waals surface area contributed by atoms with Gasteiger partial charge in [-0.3, -0.25) is 14.8 Å². The number of nitrogens with zero attached hydrogens (tertiary/aromatic N) is 4. The highest BCUT2D eigenvalue weighted by molar-refractivity contribution is 5.87. The van der Waals surface area contributed by atoms with E-state index in [0.29, 0.717) is 17.8 Å². The van der Waals surface area contributed by atoms with Gasteiger partial charge in [0.25, 0.3) is 0 Å². The van der Waals surface area contributed by atoms with E-state index < -0.39 is 0 Å². The van der Waals surface area contributed by atoms with Gasteiger partial charge < -0.3 is 9.80 Å². The summed E-state index contributed by atoms with van der Waals surface area (Å²) in [5.74, 6) is 2.10. The Balaban J connectivity index is 1.56. The summed E-state index contributed by atoms with van der Waals surface area (Å²) in [6.07, 6.45) is 12.5. The minimum atomic E-state index is 0.166. The van der Waals surface area contributed by atoms with Crippen LogP contribution < -0.4 is 0 Å². The second-order valence-corrected chi connectivity index (χ2v) is 7.07. The van der Waals surface area contributed by atoms with Gasteiger partial charge in [0.05, 0.1) is 5.69 Å². The third kappa shape index (κ3) is 3.96. The maximum Gasteiger partial charge on any atom is 0.246 e. The van der Waals surface area contributed by atoms with Gasteiger partial charge in [-0.2, -0.15) is 0 Å². The minimum absolute atomic E-state index is 0.166. The molecule has 3 rings (SSSR count). The Hall–Kier alpha value is -1.75. The highest BCUT2D eigenvalue weighted by atomic mass is 16.2. The number of fused-ring (bicyclic) bond motifs is 1. The number of amides is 1. The van der Waals surface area contributed by atoms with Crippen molar-refractivity contribution in [1.29, 1.82) is 0 Å². The SMILES string of the molecule is CN(C)C/C=C/C(=O)N1C[C@H]2CC[C@H](Cc3cnccn3)[C@H]2C1. The predicted octanol–water partition coefficient (Wildman–Crippen LogP) is 1.62. The Morgan fingerprint density at radius 3 is 2.96 bits per heavy atom. The third-order valence-corrected chi connectivity index (χ3v) is 5.14. The van der Waals surface area contributed by atoms with Crippen molar-refractivity contribution in [3.63, 3.8) is 0 Å². The zero-order valence-electron chi connectivity index (χ0n) is 14.1. The molecule has 2 fully saturated rings. The summed E-state index contributed by atoms with van der Waals surface area (Å²) >= 11 is 0. The van der Waals surface area contributed by atoms with E-state index in [-0.39, 0.29) is 5.91 Å². The largest absolute Gasteiger partial charge is 0.339 e. The molecule has 0 aromatic carbocycles. The van der Waals surface area contributed by atoms with Crippen molar-refractivity contribution in [2.45, 2.75) is 19.3 Å². The quantitative estimate of drug-likeness (QED) is 0.775. The second kappa shape index (κ2) is 7.21. The molecule has 124 valence electrons. The summed E-state index contributed by atoms with van der Waals surface area (Å²) in [6, 6.07) is 0. The molecule has 0 spiro atoms. The van der Waals surface area contributed by atoms with Crippen LogP contribution in [-0.4, -0.2) is 59.4 Å². The molecule has 5 heteroatoms. The van der Waals surface area contributed by atoms with Crippen LogP contribution in [0.15, 0.2) is 30.7 Å². The minimum Gasteiger partial charge on any atom is -0.339 e. The van der Waals surface area contributed by atoms with Crippen molar-refractivity contribution in [3.05, 3.63) is 36.4 Å². The molecule has 1 aliphatic heterocycles. The Morgan fingerprint density at radius 1 is 1.35 bits per heavy atom. The lowest BCUT2D eigenvalue weighted by Crippen LogP contribution is -2.29. The summed E-state index contributed by atoms with van der Waals surface area (Å²) in [7, 11) is 4.01. The Bertz CT molecular complexity index is 557. The number of likely N-dealkylation sites (tertiary alicyclic amines) is 1. The number of hydrogen-bond donors (Lipinski definition) is 0. The maximum absolute atomic E-state index is 12.3. The molecule has 23 heavy (non-hydrogen) atoms. The molecule has 0 radical (unpaired) electrons. The average Bonchev–Trinajstić information content (AvgIpc) is 3.10. The first-order valence-electron chi connectivity index (χ1n) is 8.48. The lowest BCUT2D eigenvalue weighted by molar-refractivity contribution is -0.125. The van der Waals surface area contributed by atoms with Crippen molar-refractivity contribution in [3.8, 4) is 0 Å². The Morgan fingerprint density at radius 2 is 2.22 bits per heavy atom. The van der Waals surface area contributed by atoms with Gasteiger partial charge in [-0.25, -0.2) is 0 Å². The molecular weight excluding hydrogens is 288 g/mol. The molecule has 2 heterocycles. The summed E-state index contributed by atoms with van der Waals surface area (Å²) in [6.45, 7) is 2.63. The number of likely N-dealkylation sites (N-methyl/N-ethyl adjacent to an activating group) is 1. The molecule has 2 aliphatic rings. The van der Waals surface area contributed by atoms with E-state index in [1.54, 1.807) is 18.5 Å². The van der Waals surface area contributed by atoms with Crippen molar-refractivity contribution in [1.82, 2.24) is 19.8 Å². The topological polar surface area (TPSA) is 49.3 Å². The van der Waals surface area contributed by atoms with Crippen molar-refractivity contribution in [2.24, 2.45) is 17.8 Å². The number of rotatable bonds is 5. The van der Waals surface area contributed by atoms with Gasteiger partial charge in [-0.1, -0.05) is 6.08 Å².